The summed E-state index contributed by atoms with van der Waals surface area (Å²) in [6.07, 6.45) is 4.45. The summed E-state index contributed by atoms with van der Waals surface area (Å²) in [5, 5.41) is 0. The summed E-state index contributed by atoms with van der Waals surface area (Å²) in [4.78, 5) is 16.8. The van der Waals surface area contributed by atoms with Crippen LogP contribution in [0.15, 0.2) is 24.5 Å². The van der Waals surface area contributed by atoms with Gasteiger partial charge in [0.1, 0.15) is 0 Å². The smallest absolute Gasteiger partial charge is 0.238 e. The van der Waals surface area contributed by atoms with Crippen molar-refractivity contribution >= 4 is 28.7 Å². The fourth-order valence-electron chi connectivity index (χ4n) is 1.49. The summed E-state index contributed by atoms with van der Waals surface area (Å²) in [7, 11) is 0. The van der Waals surface area contributed by atoms with Crippen molar-refractivity contribution < 1.29 is 4.79 Å². The Morgan fingerprint density at radius 3 is 3.00 bits per heavy atom. The summed E-state index contributed by atoms with van der Waals surface area (Å²) < 4.78 is 2.49. The molecule has 2 aromatic heterocycles. The number of carbonyl (C=O) groups is 1. The molecule has 2 rings (SSSR count). The van der Waals surface area contributed by atoms with Gasteiger partial charge in [0.05, 0.1) is 9.21 Å². The van der Waals surface area contributed by atoms with Gasteiger partial charge in [-0.05, 0) is 18.6 Å². The van der Waals surface area contributed by atoms with Crippen molar-refractivity contribution in [2.24, 2.45) is 0 Å². The molecule has 2 aromatic rings. The van der Waals surface area contributed by atoms with Crippen LogP contribution in [0.2, 0.25) is 4.34 Å². The molecule has 0 fully saturated rings. The molecule has 5 heteroatoms. The lowest BCUT2D eigenvalue weighted by atomic mass is 10.3. The van der Waals surface area contributed by atoms with Gasteiger partial charge in [-0.15, -0.1) is 11.3 Å². The zero-order chi connectivity index (χ0) is 11.5. The molecule has 0 amide bonds. The molecule has 0 spiro atoms. The number of carbonyl (C=O) groups excluding carboxylic acids is 1. The number of rotatable bonds is 4. The maximum atomic E-state index is 12.1. The third kappa shape index (κ3) is 2.18. The largest absolute Gasteiger partial charge is 0.328 e. The highest BCUT2D eigenvalue weighted by atomic mass is 35.5. The summed E-state index contributed by atoms with van der Waals surface area (Å²) in [6.45, 7) is 2.87. The van der Waals surface area contributed by atoms with Gasteiger partial charge in [0, 0.05) is 18.9 Å². The van der Waals surface area contributed by atoms with E-state index in [4.69, 9.17) is 11.6 Å². The first-order valence-electron chi connectivity index (χ1n) is 5.03. The molecular weight excluding hydrogens is 244 g/mol. The van der Waals surface area contributed by atoms with Crippen molar-refractivity contribution in [1.82, 2.24) is 9.55 Å². The molecule has 0 unspecified atom stereocenters. The fraction of sp³-hybridized carbons (Fsp3) is 0.273. The Balaban J connectivity index is 2.30. The lowest BCUT2D eigenvalue weighted by Gasteiger charge is -2.03. The number of halogens is 1. The van der Waals surface area contributed by atoms with E-state index in [2.05, 4.69) is 11.9 Å². The van der Waals surface area contributed by atoms with Gasteiger partial charge < -0.3 is 4.57 Å². The minimum atomic E-state index is -0.0599. The van der Waals surface area contributed by atoms with Gasteiger partial charge in [0.15, 0.2) is 5.82 Å². The van der Waals surface area contributed by atoms with E-state index in [1.54, 1.807) is 18.3 Å². The molecule has 0 aliphatic carbocycles. The number of hydrogen-bond acceptors (Lipinski definition) is 3. The average molecular weight is 255 g/mol. The van der Waals surface area contributed by atoms with E-state index in [-0.39, 0.29) is 5.78 Å². The van der Waals surface area contributed by atoms with Gasteiger partial charge in [-0.3, -0.25) is 4.79 Å². The number of hydrogen-bond donors (Lipinski definition) is 0. The normalized spacial score (nSPS) is 10.6. The summed E-state index contributed by atoms with van der Waals surface area (Å²) in [5.41, 5.74) is 0. The van der Waals surface area contributed by atoms with E-state index < -0.39 is 0 Å². The molecule has 0 saturated heterocycles. The third-order valence-corrected chi connectivity index (χ3v) is 3.41. The lowest BCUT2D eigenvalue weighted by Crippen LogP contribution is -2.09. The van der Waals surface area contributed by atoms with Crippen LogP contribution in [0, 0.1) is 0 Å². The summed E-state index contributed by atoms with van der Waals surface area (Å²) in [6, 6.07) is 3.47. The van der Waals surface area contributed by atoms with Crippen LogP contribution < -0.4 is 0 Å². The summed E-state index contributed by atoms with van der Waals surface area (Å²) in [5.74, 6) is 0.427. The van der Waals surface area contributed by atoms with Crippen LogP contribution in [-0.4, -0.2) is 15.3 Å². The maximum absolute atomic E-state index is 12.1. The Morgan fingerprint density at radius 2 is 2.38 bits per heavy atom. The van der Waals surface area contributed by atoms with Crippen LogP contribution in [0.5, 0.6) is 0 Å². The van der Waals surface area contributed by atoms with Gasteiger partial charge in [0.25, 0.3) is 0 Å². The second-order valence-electron chi connectivity index (χ2n) is 3.38. The predicted octanol–water partition coefficient (Wildman–Crippen LogP) is 3.24. The fourth-order valence-corrected chi connectivity index (χ4v) is 2.46. The third-order valence-electron chi connectivity index (χ3n) is 2.18. The maximum Gasteiger partial charge on any atom is 0.238 e. The van der Waals surface area contributed by atoms with Crippen LogP contribution >= 0.6 is 22.9 Å². The highest BCUT2D eigenvalue weighted by Crippen LogP contribution is 2.23. The van der Waals surface area contributed by atoms with Crippen molar-refractivity contribution in [1.29, 1.82) is 0 Å². The molecule has 0 aliphatic heterocycles. The Kier molecular flexibility index (Phi) is 3.41. The quantitative estimate of drug-likeness (QED) is 0.785. The Hall–Kier alpha value is -1.13. The average Bonchev–Trinajstić information content (AvgIpc) is 2.87. The molecule has 0 aromatic carbocycles. The van der Waals surface area contributed by atoms with Crippen LogP contribution in [-0.2, 0) is 6.54 Å². The molecule has 0 saturated carbocycles. The molecule has 0 aliphatic rings. The van der Waals surface area contributed by atoms with Crippen LogP contribution in [0.25, 0.3) is 0 Å². The number of ketones is 1. The van der Waals surface area contributed by atoms with Crippen molar-refractivity contribution in [2.75, 3.05) is 0 Å². The minimum Gasteiger partial charge on any atom is -0.328 e. The van der Waals surface area contributed by atoms with Gasteiger partial charge in [-0.25, -0.2) is 4.98 Å². The van der Waals surface area contributed by atoms with E-state index in [1.165, 1.54) is 11.3 Å². The molecule has 2 heterocycles. The molecule has 3 nitrogen and oxygen atoms in total. The van der Waals surface area contributed by atoms with Gasteiger partial charge in [0.2, 0.25) is 5.78 Å². The zero-order valence-corrected chi connectivity index (χ0v) is 10.4. The van der Waals surface area contributed by atoms with E-state index in [1.807, 2.05) is 10.8 Å². The number of nitrogens with zero attached hydrogens (tertiary/aromatic N) is 2. The number of thiophene rings is 1. The second kappa shape index (κ2) is 4.80. The van der Waals surface area contributed by atoms with Crippen LogP contribution in [0.1, 0.15) is 28.8 Å². The number of aromatic nitrogens is 2. The minimum absolute atomic E-state index is 0.0599. The number of imidazole rings is 1. The topological polar surface area (TPSA) is 34.9 Å². The van der Waals surface area contributed by atoms with Gasteiger partial charge in [-0.1, -0.05) is 18.5 Å². The van der Waals surface area contributed by atoms with E-state index in [0.717, 1.165) is 13.0 Å². The summed E-state index contributed by atoms with van der Waals surface area (Å²) >= 11 is 7.09. The van der Waals surface area contributed by atoms with Gasteiger partial charge >= 0.3 is 0 Å². The van der Waals surface area contributed by atoms with Crippen molar-refractivity contribution in [2.45, 2.75) is 19.9 Å². The first kappa shape index (κ1) is 11.4. The monoisotopic (exact) mass is 254 g/mol. The van der Waals surface area contributed by atoms with Crippen LogP contribution in [0.4, 0.5) is 0 Å². The molecular formula is C11H11ClN2OS. The molecule has 0 N–H and O–H groups in total. The Morgan fingerprint density at radius 1 is 1.56 bits per heavy atom. The highest BCUT2D eigenvalue weighted by molar-refractivity contribution is 7.18. The molecule has 0 radical (unpaired) electrons. The zero-order valence-electron chi connectivity index (χ0n) is 8.81. The molecule has 0 bridgehead atoms. The van der Waals surface area contributed by atoms with Crippen molar-refractivity contribution in [3.05, 3.63) is 39.6 Å². The van der Waals surface area contributed by atoms with Gasteiger partial charge in [-0.2, -0.15) is 0 Å². The Bertz CT molecular complexity index is 504. The molecule has 0 atom stereocenters. The SMILES string of the molecule is CCCn1ccnc1C(=O)c1ccc(Cl)s1. The first-order chi connectivity index (χ1) is 7.72. The van der Waals surface area contributed by atoms with E-state index in [9.17, 15) is 4.79 Å². The van der Waals surface area contributed by atoms with E-state index in [0.29, 0.717) is 15.0 Å². The Labute approximate surface area is 103 Å². The first-order valence-corrected chi connectivity index (χ1v) is 6.23. The van der Waals surface area contributed by atoms with Crippen molar-refractivity contribution in [3.8, 4) is 0 Å². The van der Waals surface area contributed by atoms with Crippen LogP contribution in [0.3, 0.4) is 0 Å². The standard InChI is InChI=1S/C11H11ClN2OS/c1-2-6-14-7-5-13-11(14)10(15)8-3-4-9(12)16-8/h3-5,7H,2,6H2,1H3. The second-order valence-corrected chi connectivity index (χ2v) is 5.09. The number of aryl methyl sites for hydroxylation is 1. The molecule has 84 valence electrons. The molecule has 16 heavy (non-hydrogen) atoms. The predicted molar refractivity (Wildman–Crippen MR) is 65.3 cm³/mol. The van der Waals surface area contributed by atoms with Crippen molar-refractivity contribution in [3.63, 3.8) is 0 Å². The highest BCUT2D eigenvalue weighted by Gasteiger charge is 2.16. The lowest BCUT2D eigenvalue weighted by molar-refractivity contribution is 0.102. The van der Waals surface area contributed by atoms with E-state index >= 15 is 0 Å².